The van der Waals surface area contributed by atoms with Gasteiger partial charge in [0.2, 0.25) is 0 Å². The molecule has 3 heteroatoms. The lowest BCUT2D eigenvalue weighted by molar-refractivity contribution is 0.220. The largest absolute Gasteiger partial charge is 0.378 e. The fourth-order valence-corrected chi connectivity index (χ4v) is 4.43. The van der Waals surface area contributed by atoms with E-state index in [9.17, 15) is 0 Å². The Bertz CT molecular complexity index is 937. The van der Waals surface area contributed by atoms with Gasteiger partial charge in [-0.2, -0.15) is 0 Å². The van der Waals surface area contributed by atoms with Gasteiger partial charge in [-0.15, -0.1) is 0 Å². The predicted molar refractivity (Wildman–Crippen MR) is 118 cm³/mol. The first-order valence-corrected chi connectivity index (χ1v) is 10.3. The van der Waals surface area contributed by atoms with E-state index < -0.39 is 0 Å². The third-order valence-corrected chi connectivity index (χ3v) is 5.91. The van der Waals surface area contributed by atoms with Crippen molar-refractivity contribution in [3.05, 3.63) is 88.7 Å². The van der Waals surface area contributed by atoms with Crippen LogP contribution in [0, 0.1) is 13.8 Å². The summed E-state index contributed by atoms with van der Waals surface area (Å²) in [6.07, 6.45) is 3.42. The molecule has 0 spiro atoms. The Kier molecular flexibility index (Phi) is 5.27. The summed E-state index contributed by atoms with van der Waals surface area (Å²) in [6, 6.07) is 20.7. The summed E-state index contributed by atoms with van der Waals surface area (Å²) in [5, 5.41) is 0. The van der Waals surface area contributed by atoms with Crippen molar-refractivity contribution in [1.82, 2.24) is 9.47 Å². The van der Waals surface area contributed by atoms with Crippen LogP contribution in [-0.4, -0.2) is 30.1 Å². The number of fused-ring (bicyclic) bond motifs is 1. The lowest BCUT2D eigenvalue weighted by Crippen LogP contribution is -2.30. The molecule has 0 radical (unpaired) electrons. The van der Waals surface area contributed by atoms with Crippen LogP contribution in [0.3, 0.4) is 0 Å². The van der Waals surface area contributed by atoms with E-state index in [0.29, 0.717) is 6.04 Å². The average Bonchev–Trinajstić information content (AvgIpc) is 3.05. The van der Waals surface area contributed by atoms with E-state index in [1.807, 2.05) is 0 Å². The summed E-state index contributed by atoms with van der Waals surface area (Å²) in [4.78, 5) is 4.81. The minimum absolute atomic E-state index is 0.298. The number of hydrogen-bond donors (Lipinski definition) is 0. The molecule has 0 amide bonds. The van der Waals surface area contributed by atoms with Crippen LogP contribution in [0.15, 0.2) is 60.8 Å². The Hall–Kier alpha value is -2.52. The fraction of sp³-hybridized carbons (Fsp3) is 0.360. The van der Waals surface area contributed by atoms with E-state index in [2.05, 4.69) is 103 Å². The molecule has 0 fully saturated rings. The molecule has 2 aromatic carbocycles. The van der Waals surface area contributed by atoms with Crippen molar-refractivity contribution in [3.8, 4) is 0 Å². The van der Waals surface area contributed by atoms with Crippen molar-refractivity contribution in [2.75, 3.05) is 25.5 Å². The molecule has 0 saturated heterocycles. The fourth-order valence-electron chi connectivity index (χ4n) is 4.43. The minimum atomic E-state index is 0.298. The summed E-state index contributed by atoms with van der Waals surface area (Å²) < 4.78 is 2.44. The van der Waals surface area contributed by atoms with Crippen LogP contribution in [0.1, 0.15) is 40.4 Å². The van der Waals surface area contributed by atoms with E-state index in [-0.39, 0.29) is 0 Å². The third-order valence-electron chi connectivity index (χ3n) is 5.91. The molecule has 3 nitrogen and oxygen atoms in total. The second kappa shape index (κ2) is 7.84. The summed E-state index contributed by atoms with van der Waals surface area (Å²) >= 11 is 0. The summed E-state index contributed by atoms with van der Waals surface area (Å²) in [5.41, 5.74) is 8.18. The minimum Gasteiger partial charge on any atom is -0.378 e. The van der Waals surface area contributed by atoms with Gasteiger partial charge in [0.15, 0.2) is 0 Å². The van der Waals surface area contributed by atoms with Crippen molar-refractivity contribution in [3.63, 3.8) is 0 Å². The molecule has 0 saturated carbocycles. The lowest BCUT2D eigenvalue weighted by atomic mass is 9.95. The third kappa shape index (κ3) is 3.72. The zero-order valence-corrected chi connectivity index (χ0v) is 17.5. The molecule has 1 aliphatic rings. The number of aryl methyl sites for hydroxylation is 3. The predicted octanol–water partition coefficient (Wildman–Crippen LogP) is 5.17. The highest BCUT2D eigenvalue weighted by Gasteiger charge is 2.28. The van der Waals surface area contributed by atoms with Crippen molar-refractivity contribution in [1.29, 1.82) is 0 Å². The zero-order valence-electron chi connectivity index (χ0n) is 17.5. The first kappa shape index (κ1) is 18.8. The van der Waals surface area contributed by atoms with Gasteiger partial charge in [-0.25, -0.2) is 0 Å². The molecule has 1 aromatic heterocycles. The number of nitrogens with zero attached hydrogens (tertiary/aromatic N) is 3. The molecule has 28 heavy (non-hydrogen) atoms. The van der Waals surface area contributed by atoms with E-state index in [4.69, 9.17) is 0 Å². The highest BCUT2D eigenvalue weighted by molar-refractivity contribution is 5.46. The van der Waals surface area contributed by atoms with Crippen LogP contribution in [0.2, 0.25) is 0 Å². The van der Waals surface area contributed by atoms with Crippen molar-refractivity contribution in [2.24, 2.45) is 0 Å². The molecule has 0 bridgehead atoms. The van der Waals surface area contributed by atoms with E-state index in [1.165, 1.54) is 40.1 Å². The van der Waals surface area contributed by atoms with Gasteiger partial charge in [0.05, 0.1) is 6.04 Å². The summed E-state index contributed by atoms with van der Waals surface area (Å²) in [5.74, 6) is 0. The number of rotatable bonds is 4. The second-order valence-corrected chi connectivity index (χ2v) is 8.27. The lowest BCUT2D eigenvalue weighted by Gasteiger charge is -2.32. The van der Waals surface area contributed by atoms with Crippen LogP contribution in [0.5, 0.6) is 0 Å². The maximum Gasteiger partial charge on any atom is 0.0761 e. The van der Waals surface area contributed by atoms with Crippen LogP contribution in [0.25, 0.3) is 0 Å². The smallest absolute Gasteiger partial charge is 0.0761 e. The maximum absolute atomic E-state index is 2.65. The van der Waals surface area contributed by atoms with Crippen molar-refractivity contribution in [2.45, 2.75) is 39.4 Å². The van der Waals surface area contributed by atoms with Gasteiger partial charge in [0, 0.05) is 51.3 Å². The molecule has 1 aliphatic heterocycles. The molecule has 1 unspecified atom stereocenters. The van der Waals surface area contributed by atoms with Gasteiger partial charge < -0.3 is 9.47 Å². The summed E-state index contributed by atoms with van der Waals surface area (Å²) in [7, 11) is 4.18. The highest BCUT2D eigenvalue weighted by atomic mass is 15.2. The van der Waals surface area contributed by atoms with Gasteiger partial charge in [0.25, 0.3) is 0 Å². The van der Waals surface area contributed by atoms with Crippen LogP contribution in [0.4, 0.5) is 5.69 Å². The van der Waals surface area contributed by atoms with Crippen molar-refractivity contribution < 1.29 is 0 Å². The van der Waals surface area contributed by atoms with Crippen LogP contribution >= 0.6 is 0 Å². The average molecular weight is 374 g/mol. The molecule has 0 N–H and O–H groups in total. The quantitative estimate of drug-likeness (QED) is 0.625. The van der Waals surface area contributed by atoms with E-state index in [1.54, 1.807) is 0 Å². The Morgan fingerprint density at radius 1 is 0.964 bits per heavy atom. The standard InChI is InChI=1S/C25H31N3/c1-19-8-13-23(20(2)17-19)25-24-7-5-14-27(24)15-6-16-28(25)18-21-9-11-22(12-10-21)26(3)4/h5,7-14,17,25H,6,15-16,18H2,1-4H3. The Morgan fingerprint density at radius 2 is 1.75 bits per heavy atom. The highest BCUT2D eigenvalue weighted by Crippen LogP contribution is 2.35. The SMILES string of the molecule is Cc1ccc(C2c3cccn3CCCN2Cc2ccc(N(C)C)cc2)c(C)c1. The first-order valence-electron chi connectivity index (χ1n) is 10.3. The normalized spacial score (nSPS) is 17.2. The zero-order chi connectivity index (χ0) is 19.7. The topological polar surface area (TPSA) is 11.4 Å². The molecule has 1 atom stereocenters. The summed E-state index contributed by atoms with van der Waals surface area (Å²) in [6.45, 7) is 7.60. The van der Waals surface area contributed by atoms with Gasteiger partial charge in [-0.3, -0.25) is 4.90 Å². The maximum atomic E-state index is 2.65. The van der Waals surface area contributed by atoms with Gasteiger partial charge in [-0.1, -0.05) is 35.9 Å². The van der Waals surface area contributed by atoms with E-state index >= 15 is 0 Å². The van der Waals surface area contributed by atoms with Gasteiger partial charge in [0.1, 0.15) is 0 Å². The Labute approximate surface area is 169 Å². The van der Waals surface area contributed by atoms with Crippen LogP contribution < -0.4 is 4.90 Å². The molecule has 2 heterocycles. The van der Waals surface area contributed by atoms with Crippen molar-refractivity contribution >= 4 is 5.69 Å². The number of hydrogen-bond acceptors (Lipinski definition) is 2. The molecule has 146 valence electrons. The molecule has 3 aromatic rings. The van der Waals surface area contributed by atoms with Gasteiger partial charge >= 0.3 is 0 Å². The van der Waals surface area contributed by atoms with Crippen LogP contribution in [-0.2, 0) is 13.1 Å². The molecule has 0 aliphatic carbocycles. The monoisotopic (exact) mass is 373 g/mol. The number of benzene rings is 2. The Morgan fingerprint density at radius 3 is 2.46 bits per heavy atom. The second-order valence-electron chi connectivity index (χ2n) is 8.27. The van der Waals surface area contributed by atoms with E-state index in [0.717, 1.165) is 19.6 Å². The number of aromatic nitrogens is 1. The molecular weight excluding hydrogens is 342 g/mol. The number of anilines is 1. The molecule has 4 rings (SSSR count). The van der Waals surface area contributed by atoms with Gasteiger partial charge in [-0.05, 0) is 61.2 Å². The molecular formula is C25H31N3. The Balaban J connectivity index is 1.71. The first-order chi connectivity index (χ1) is 13.5.